The van der Waals surface area contributed by atoms with Crippen molar-refractivity contribution < 1.29 is 9.84 Å². The predicted octanol–water partition coefficient (Wildman–Crippen LogP) is 4.42. The van der Waals surface area contributed by atoms with Gasteiger partial charge in [0.1, 0.15) is 11.5 Å². The Morgan fingerprint density at radius 1 is 1.19 bits per heavy atom. The Morgan fingerprint density at radius 3 is 2.67 bits per heavy atom. The molecule has 27 heavy (non-hydrogen) atoms. The van der Waals surface area contributed by atoms with Crippen molar-refractivity contribution in [2.45, 2.75) is 31.6 Å². The van der Waals surface area contributed by atoms with E-state index in [0.717, 1.165) is 37.2 Å². The number of rotatable bonds is 6. The number of nitrogens with two attached hydrogens (primary N) is 1. The number of nitrogen functional groups attached to an aromatic ring is 1. The lowest BCUT2D eigenvalue weighted by Gasteiger charge is -2.29. The van der Waals surface area contributed by atoms with E-state index < -0.39 is 0 Å². The highest BCUT2D eigenvalue weighted by Gasteiger charge is 2.21. The van der Waals surface area contributed by atoms with Gasteiger partial charge >= 0.3 is 0 Å². The first kappa shape index (κ1) is 23.4. The van der Waals surface area contributed by atoms with Crippen molar-refractivity contribution in [1.82, 2.24) is 4.90 Å². The van der Waals surface area contributed by atoms with Crippen LogP contribution in [-0.2, 0) is 12.8 Å². The standard InChI is InChI=1S/C21H28N2O2.2ClH/c1-23(11-10-15-6-9-21(24)20(22)12-15)14-17-5-3-4-16-13-18(25-2)7-8-19(16)17;;/h6-9,12-13,17,24H,3-5,10-11,14,22H2,1-2H3;2*1H. The van der Waals surface area contributed by atoms with Gasteiger partial charge in [-0.1, -0.05) is 12.1 Å². The minimum Gasteiger partial charge on any atom is -0.506 e. The zero-order valence-electron chi connectivity index (χ0n) is 16.0. The first-order valence-corrected chi connectivity index (χ1v) is 8.99. The van der Waals surface area contributed by atoms with Crippen LogP contribution in [0.1, 0.15) is 35.4 Å². The molecule has 2 aromatic rings. The van der Waals surface area contributed by atoms with E-state index in [0.29, 0.717) is 11.6 Å². The highest BCUT2D eigenvalue weighted by molar-refractivity contribution is 5.85. The second-order valence-electron chi connectivity index (χ2n) is 7.06. The number of likely N-dealkylation sites (N-methyl/N-ethyl adjacent to an activating group) is 1. The van der Waals surface area contributed by atoms with E-state index in [9.17, 15) is 5.11 Å². The fraction of sp³-hybridized carbons (Fsp3) is 0.429. The van der Waals surface area contributed by atoms with E-state index in [-0.39, 0.29) is 30.6 Å². The molecule has 1 aliphatic rings. The third-order valence-corrected chi connectivity index (χ3v) is 5.19. The van der Waals surface area contributed by atoms with Crippen LogP contribution < -0.4 is 10.5 Å². The normalized spacial score (nSPS) is 15.4. The molecule has 0 bridgehead atoms. The van der Waals surface area contributed by atoms with E-state index >= 15 is 0 Å². The fourth-order valence-electron chi connectivity index (χ4n) is 3.75. The molecule has 0 fully saturated rings. The molecule has 0 amide bonds. The lowest BCUT2D eigenvalue weighted by atomic mass is 9.82. The number of ether oxygens (including phenoxy) is 1. The maximum Gasteiger partial charge on any atom is 0.138 e. The molecule has 150 valence electrons. The summed E-state index contributed by atoms with van der Waals surface area (Å²) in [5.41, 5.74) is 10.3. The van der Waals surface area contributed by atoms with Crippen molar-refractivity contribution in [2.24, 2.45) is 0 Å². The lowest BCUT2D eigenvalue weighted by Crippen LogP contribution is -2.28. The van der Waals surface area contributed by atoms with Gasteiger partial charge in [0.05, 0.1) is 12.8 Å². The Balaban J connectivity index is 0.00000182. The Kier molecular flexibility index (Phi) is 9.23. The number of halogens is 2. The number of phenolic OH excluding ortho intramolecular Hbond substituents is 1. The molecule has 0 saturated heterocycles. The summed E-state index contributed by atoms with van der Waals surface area (Å²) in [5.74, 6) is 1.70. The van der Waals surface area contributed by atoms with Crippen LogP contribution in [0.4, 0.5) is 5.69 Å². The fourth-order valence-corrected chi connectivity index (χ4v) is 3.75. The molecule has 3 N–H and O–H groups in total. The summed E-state index contributed by atoms with van der Waals surface area (Å²) in [4.78, 5) is 2.40. The SMILES string of the molecule is COc1ccc2c(c1)CCCC2CN(C)CCc1ccc(O)c(N)c1.Cl.Cl. The van der Waals surface area contributed by atoms with Crippen LogP contribution in [0.25, 0.3) is 0 Å². The zero-order valence-corrected chi connectivity index (χ0v) is 17.6. The van der Waals surface area contributed by atoms with E-state index in [1.54, 1.807) is 13.2 Å². The highest BCUT2D eigenvalue weighted by atomic mass is 35.5. The number of hydrogen-bond acceptors (Lipinski definition) is 4. The van der Waals surface area contributed by atoms with Crippen molar-refractivity contribution in [2.75, 3.05) is 33.0 Å². The topological polar surface area (TPSA) is 58.7 Å². The molecule has 0 aromatic heterocycles. The Bertz CT molecular complexity index is 740. The molecule has 1 atom stereocenters. The van der Waals surface area contributed by atoms with Crippen molar-refractivity contribution in [3.05, 3.63) is 53.1 Å². The molecule has 1 aliphatic carbocycles. The number of fused-ring (bicyclic) bond motifs is 1. The van der Waals surface area contributed by atoms with Gasteiger partial charge < -0.3 is 20.5 Å². The van der Waals surface area contributed by atoms with E-state index in [1.807, 2.05) is 12.1 Å². The summed E-state index contributed by atoms with van der Waals surface area (Å²) in [6, 6.07) is 12.0. The van der Waals surface area contributed by atoms with Gasteiger partial charge in [0.15, 0.2) is 0 Å². The summed E-state index contributed by atoms with van der Waals surface area (Å²) in [5, 5.41) is 9.52. The second-order valence-corrected chi connectivity index (χ2v) is 7.06. The number of hydrogen-bond donors (Lipinski definition) is 2. The summed E-state index contributed by atoms with van der Waals surface area (Å²) >= 11 is 0. The zero-order chi connectivity index (χ0) is 17.8. The molecule has 2 aromatic carbocycles. The molecule has 0 saturated carbocycles. The Morgan fingerprint density at radius 2 is 1.96 bits per heavy atom. The molecular formula is C21H30Cl2N2O2. The van der Waals surface area contributed by atoms with Crippen LogP contribution >= 0.6 is 24.8 Å². The maximum absolute atomic E-state index is 9.52. The van der Waals surface area contributed by atoms with Crippen molar-refractivity contribution in [3.63, 3.8) is 0 Å². The first-order chi connectivity index (χ1) is 12.1. The van der Waals surface area contributed by atoms with Crippen LogP contribution in [0.5, 0.6) is 11.5 Å². The van der Waals surface area contributed by atoms with E-state index in [2.05, 4.69) is 30.1 Å². The predicted molar refractivity (Wildman–Crippen MR) is 117 cm³/mol. The van der Waals surface area contributed by atoms with E-state index in [1.165, 1.54) is 24.0 Å². The summed E-state index contributed by atoms with van der Waals surface area (Å²) in [6.07, 6.45) is 4.58. The second kappa shape index (κ2) is 10.6. The van der Waals surface area contributed by atoms with Gasteiger partial charge in [-0.15, -0.1) is 24.8 Å². The molecule has 0 heterocycles. The third kappa shape index (κ3) is 5.93. The number of aromatic hydroxyl groups is 1. The maximum atomic E-state index is 9.52. The average molecular weight is 413 g/mol. The van der Waals surface area contributed by atoms with Gasteiger partial charge in [0.2, 0.25) is 0 Å². The molecule has 4 nitrogen and oxygen atoms in total. The van der Waals surface area contributed by atoms with Gasteiger partial charge in [0, 0.05) is 13.1 Å². The number of methoxy groups -OCH3 is 1. The molecule has 1 unspecified atom stereocenters. The molecule has 3 rings (SSSR count). The van der Waals surface area contributed by atoms with Crippen LogP contribution in [-0.4, -0.2) is 37.3 Å². The number of benzene rings is 2. The summed E-state index contributed by atoms with van der Waals surface area (Å²) in [7, 11) is 3.91. The summed E-state index contributed by atoms with van der Waals surface area (Å²) < 4.78 is 5.36. The van der Waals surface area contributed by atoms with Crippen LogP contribution in [0.15, 0.2) is 36.4 Å². The van der Waals surface area contributed by atoms with Crippen LogP contribution in [0.3, 0.4) is 0 Å². The minimum absolute atomic E-state index is 0. The van der Waals surface area contributed by atoms with Gasteiger partial charge in [-0.25, -0.2) is 0 Å². The number of phenols is 1. The van der Waals surface area contributed by atoms with Crippen molar-refractivity contribution in [1.29, 1.82) is 0 Å². The molecule has 0 aliphatic heterocycles. The number of nitrogens with zero attached hydrogens (tertiary/aromatic N) is 1. The highest BCUT2D eigenvalue weighted by Crippen LogP contribution is 2.34. The molecule has 0 spiro atoms. The van der Waals surface area contributed by atoms with Gasteiger partial charge in [-0.3, -0.25) is 0 Å². The average Bonchev–Trinajstić information content (AvgIpc) is 2.62. The van der Waals surface area contributed by atoms with Crippen molar-refractivity contribution >= 4 is 30.5 Å². The Labute approximate surface area is 174 Å². The third-order valence-electron chi connectivity index (χ3n) is 5.19. The molecule has 0 radical (unpaired) electrons. The Hall–Kier alpha value is -1.62. The molecular weight excluding hydrogens is 383 g/mol. The van der Waals surface area contributed by atoms with Gasteiger partial charge in [0.25, 0.3) is 0 Å². The van der Waals surface area contributed by atoms with Gasteiger partial charge in [-0.2, -0.15) is 0 Å². The largest absolute Gasteiger partial charge is 0.506 e. The van der Waals surface area contributed by atoms with E-state index in [4.69, 9.17) is 10.5 Å². The van der Waals surface area contributed by atoms with Crippen molar-refractivity contribution in [3.8, 4) is 11.5 Å². The van der Waals surface area contributed by atoms with Crippen LogP contribution in [0, 0.1) is 0 Å². The lowest BCUT2D eigenvalue weighted by molar-refractivity contribution is 0.300. The smallest absolute Gasteiger partial charge is 0.138 e. The van der Waals surface area contributed by atoms with Gasteiger partial charge in [-0.05, 0) is 79.6 Å². The van der Waals surface area contributed by atoms with Crippen LogP contribution in [0.2, 0.25) is 0 Å². The molecule has 6 heteroatoms. The minimum atomic E-state index is 0. The number of anilines is 1. The summed E-state index contributed by atoms with van der Waals surface area (Å²) in [6.45, 7) is 2.04. The number of aryl methyl sites for hydroxylation is 1. The first-order valence-electron chi connectivity index (χ1n) is 8.99. The monoisotopic (exact) mass is 412 g/mol. The quantitative estimate of drug-likeness (QED) is 0.544.